The molecule has 0 saturated carbocycles. The number of rotatable bonds is 8. The summed E-state index contributed by atoms with van der Waals surface area (Å²) in [6.45, 7) is 2.19. The van der Waals surface area contributed by atoms with Crippen molar-refractivity contribution < 1.29 is 29.7 Å². The molecule has 20 heavy (non-hydrogen) atoms. The van der Waals surface area contributed by atoms with E-state index < -0.39 is 17.9 Å². The van der Waals surface area contributed by atoms with Crippen molar-refractivity contribution >= 4 is 65.7 Å². The Hall–Kier alpha value is 0.00740. The third-order valence-electron chi connectivity index (χ3n) is 2.15. The number of carboxylic acid groups (broad SMARTS) is 3. The summed E-state index contributed by atoms with van der Waals surface area (Å²) in [5, 5.41) is 27.9. The predicted molar refractivity (Wildman–Crippen MR) is 69.1 cm³/mol. The fraction of sp³-hybridized carbons (Fsp3) is 0.750. The Balaban J connectivity index is -0.000000139. The minimum atomic E-state index is -2.19. The number of carbonyl (C=O) groups excluding carboxylic acids is 3. The van der Waals surface area contributed by atoms with Crippen LogP contribution in [-0.4, -0.2) is 65.7 Å². The van der Waals surface area contributed by atoms with Crippen molar-refractivity contribution in [3.63, 3.8) is 0 Å². The van der Waals surface area contributed by atoms with E-state index in [1.807, 2.05) is 0 Å². The van der Waals surface area contributed by atoms with Crippen LogP contribution in [0.3, 0.4) is 0 Å². The van der Waals surface area contributed by atoms with Crippen molar-refractivity contribution in [3.8, 4) is 0 Å². The van der Waals surface area contributed by atoms with Gasteiger partial charge in [-0.1, -0.05) is 45.4 Å². The molecular weight excluding hydrogens is 478 g/mol. The van der Waals surface area contributed by atoms with E-state index in [1.54, 1.807) is 0 Å². The molecule has 0 aromatic heterocycles. The van der Waals surface area contributed by atoms with Crippen LogP contribution in [0.1, 0.15) is 58.3 Å². The number of unbranched alkanes of at least 4 members (excludes halogenated alkanes) is 6. The van der Waals surface area contributed by atoms with E-state index in [4.69, 9.17) is 19.8 Å². The van der Waals surface area contributed by atoms with Gasteiger partial charge in [-0.3, -0.25) is 0 Å². The van der Waals surface area contributed by atoms with Crippen molar-refractivity contribution in [2.24, 2.45) is 0 Å². The largest absolute Gasteiger partial charge is 4.00 e. The van der Waals surface area contributed by atoms with E-state index in [0.717, 1.165) is 12.8 Å². The number of aliphatic carboxylic acids is 3. The minimum Gasteiger partial charge on any atom is -0.550 e. The average Bonchev–Trinajstić information content (AvgIpc) is 2.28. The Morgan fingerprint density at radius 3 is 1.35 bits per heavy atom. The van der Waals surface area contributed by atoms with E-state index in [1.165, 1.54) is 32.1 Å². The van der Waals surface area contributed by atoms with Crippen molar-refractivity contribution in [3.05, 3.63) is 0 Å². The Morgan fingerprint density at radius 2 is 1.05 bits per heavy atom. The molecule has 0 aromatic rings. The van der Waals surface area contributed by atoms with Crippen molar-refractivity contribution in [1.29, 1.82) is 0 Å². The molecule has 0 bridgehead atoms. The molecule has 0 aliphatic heterocycles. The maximum Gasteiger partial charge on any atom is 4.00 e. The Bertz CT molecular complexity index is 246. The molecule has 0 aromatic carbocycles. The summed E-state index contributed by atoms with van der Waals surface area (Å²) < 4.78 is 0. The standard InChI is InChI=1S/C10H20O2.C2H2O4.2Sn/c1-2-3-4-5-6-7-8-9-10(11)12;3-1(4)2(5)6;;/h2-9H2,1H3,(H,11,12);(H,3,4)(H,5,6);;/q;;2*+4/p-3. The zero-order valence-corrected chi connectivity index (χ0v) is 17.3. The molecule has 0 aliphatic carbocycles. The van der Waals surface area contributed by atoms with Gasteiger partial charge >= 0.3 is 47.8 Å². The number of hydrogen-bond acceptors (Lipinski definition) is 6. The summed E-state index contributed by atoms with van der Waals surface area (Å²) in [5.41, 5.74) is 0. The van der Waals surface area contributed by atoms with Gasteiger partial charge in [-0.05, 0) is 12.8 Å². The number of carboxylic acids is 3. The SMILES string of the molecule is CCCCCCCCCC(=O)[O-].O=C([O-])C(=O)[O-].[Sn+4].[Sn+4]. The van der Waals surface area contributed by atoms with E-state index in [2.05, 4.69) is 6.92 Å². The Kier molecular flexibility index (Phi) is 30.1. The molecule has 106 valence electrons. The van der Waals surface area contributed by atoms with Gasteiger partial charge in [0.25, 0.3) is 0 Å². The van der Waals surface area contributed by atoms with Crippen LogP contribution >= 0.6 is 0 Å². The average molecular weight is 497 g/mol. The first kappa shape index (κ1) is 28.2. The fourth-order valence-corrected chi connectivity index (χ4v) is 1.23. The molecule has 0 amide bonds. The molecule has 0 spiro atoms. The molecule has 0 heterocycles. The first-order chi connectivity index (χ1) is 8.41. The van der Waals surface area contributed by atoms with Gasteiger partial charge in [-0.2, -0.15) is 0 Å². The molecule has 0 unspecified atom stereocenters. The van der Waals surface area contributed by atoms with Gasteiger partial charge in [0.2, 0.25) is 0 Å². The van der Waals surface area contributed by atoms with Crippen LogP contribution in [0.15, 0.2) is 0 Å². The van der Waals surface area contributed by atoms with Crippen molar-refractivity contribution in [2.45, 2.75) is 58.3 Å². The summed E-state index contributed by atoms with van der Waals surface area (Å²) in [6.07, 6.45) is 8.34. The maximum atomic E-state index is 10.0. The second-order valence-corrected chi connectivity index (χ2v) is 3.82. The molecule has 8 heteroatoms. The fourth-order valence-electron chi connectivity index (χ4n) is 1.23. The molecule has 0 fully saturated rings. The molecular formula is C12H19O6Sn2+5. The third kappa shape index (κ3) is 30.8. The smallest absolute Gasteiger partial charge is 0.550 e. The minimum absolute atomic E-state index is 0. The van der Waals surface area contributed by atoms with Gasteiger partial charge in [0.1, 0.15) is 0 Å². The topological polar surface area (TPSA) is 120 Å². The second kappa shape index (κ2) is 21.3. The predicted octanol–water partition coefficient (Wildman–Crippen LogP) is -2.40. The van der Waals surface area contributed by atoms with E-state index in [-0.39, 0.29) is 54.2 Å². The van der Waals surface area contributed by atoms with Crippen LogP contribution in [0.5, 0.6) is 0 Å². The van der Waals surface area contributed by atoms with Gasteiger partial charge in [0.15, 0.2) is 0 Å². The van der Waals surface area contributed by atoms with Crippen molar-refractivity contribution in [1.82, 2.24) is 0 Å². The van der Waals surface area contributed by atoms with Crippen LogP contribution in [0.4, 0.5) is 0 Å². The zero-order valence-electron chi connectivity index (χ0n) is 11.6. The van der Waals surface area contributed by atoms with Gasteiger partial charge in [-0.25, -0.2) is 0 Å². The quantitative estimate of drug-likeness (QED) is 0.210. The summed E-state index contributed by atoms with van der Waals surface area (Å²) in [7, 11) is 0. The van der Waals surface area contributed by atoms with Gasteiger partial charge in [0, 0.05) is 5.97 Å². The normalized spacial score (nSPS) is 8.25. The maximum absolute atomic E-state index is 10.0. The van der Waals surface area contributed by atoms with Crippen LogP contribution in [-0.2, 0) is 14.4 Å². The van der Waals surface area contributed by atoms with Crippen LogP contribution in [0, 0.1) is 0 Å². The number of hydrogen-bond donors (Lipinski definition) is 0. The van der Waals surface area contributed by atoms with Gasteiger partial charge in [0.05, 0.1) is 11.9 Å². The van der Waals surface area contributed by atoms with Crippen molar-refractivity contribution in [2.75, 3.05) is 0 Å². The molecule has 0 N–H and O–H groups in total. The summed E-state index contributed by atoms with van der Waals surface area (Å²) in [5.74, 6) is -5.28. The molecule has 6 nitrogen and oxygen atoms in total. The summed E-state index contributed by atoms with van der Waals surface area (Å²) >= 11 is 0. The molecule has 0 aliphatic rings. The van der Waals surface area contributed by atoms with Crippen LogP contribution in [0.2, 0.25) is 0 Å². The Morgan fingerprint density at radius 1 is 0.700 bits per heavy atom. The van der Waals surface area contributed by atoms with E-state index >= 15 is 0 Å². The number of carbonyl (C=O) groups is 3. The summed E-state index contributed by atoms with van der Waals surface area (Å²) in [4.78, 5) is 27.9. The summed E-state index contributed by atoms with van der Waals surface area (Å²) in [6, 6.07) is 0. The molecule has 0 radical (unpaired) electrons. The third-order valence-corrected chi connectivity index (χ3v) is 2.15. The monoisotopic (exact) mass is 499 g/mol. The Labute approximate surface area is 153 Å². The van der Waals surface area contributed by atoms with Crippen LogP contribution in [0.25, 0.3) is 0 Å². The first-order valence-electron chi connectivity index (χ1n) is 6.04. The molecule has 0 rings (SSSR count). The van der Waals surface area contributed by atoms with E-state index in [9.17, 15) is 9.90 Å². The first-order valence-corrected chi connectivity index (χ1v) is 6.04. The second-order valence-electron chi connectivity index (χ2n) is 3.82. The van der Waals surface area contributed by atoms with Gasteiger partial charge < -0.3 is 29.7 Å². The van der Waals surface area contributed by atoms with Gasteiger partial charge in [-0.15, -0.1) is 0 Å². The zero-order chi connectivity index (χ0) is 14.4. The van der Waals surface area contributed by atoms with E-state index in [0.29, 0.717) is 0 Å². The molecule has 0 atom stereocenters. The molecule has 0 saturated heterocycles. The van der Waals surface area contributed by atoms with Crippen LogP contribution < -0.4 is 15.3 Å².